The highest BCUT2D eigenvalue weighted by molar-refractivity contribution is 5.78. The first-order valence-electron chi connectivity index (χ1n) is 10.5. The highest BCUT2D eigenvalue weighted by Crippen LogP contribution is 2.35. The van der Waals surface area contributed by atoms with Gasteiger partial charge in [-0.1, -0.05) is 42.0 Å². The van der Waals surface area contributed by atoms with Gasteiger partial charge in [0.15, 0.2) is 12.4 Å². The molecule has 0 atom stereocenters. The van der Waals surface area contributed by atoms with Crippen LogP contribution in [-0.2, 0) is 11.0 Å². The molecule has 0 aliphatic carbocycles. The lowest BCUT2D eigenvalue weighted by Crippen LogP contribution is -2.50. The molecule has 33 heavy (non-hydrogen) atoms. The summed E-state index contributed by atoms with van der Waals surface area (Å²) in [5.41, 5.74) is 2.05. The van der Waals surface area contributed by atoms with Crippen LogP contribution in [0.5, 0.6) is 5.75 Å². The Bertz CT molecular complexity index is 1090. The molecule has 0 spiro atoms. The molecule has 2 heterocycles. The third kappa shape index (κ3) is 5.42. The van der Waals surface area contributed by atoms with Gasteiger partial charge in [0.2, 0.25) is 0 Å². The first-order valence-corrected chi connectivity index (χ1v) is 10.5. The Labute approximate surface area is 189 Å². The van der Waals surface area contributed by atoms with Gasteiger partial charge in [0.25, 0.3) is 5.91 Å². The molecule has 3 aromatic rings. The summed E-state index contributed by atoms with van der Waals surface area (Å²) in [4.78, 5) is 16.1. The zero-order chi connectivity index (χ0) is 23.4. The van der Waals surface area contributed by atoms with Crippen LogP contribution in [0.4, 0.5) is 19.0 Å². The van der Waals surface area contributed by atoms with Crippen LogP contribution in [0.1, 0.15) is 11.1 Å². The maximum Gasteiger partial charge on any atom is 0.419 e. The molecule has 1 aromatic heterocycles. The van der Waals surface area contributed by atoms with Crippen molar-refractivity contribution in [3.05, 3.63) is 71.8 Å². The maximum absolute atomic E-state index is 13.1. The van der Waals surface area contributed by atoms with Crippen LogP contribution in [0.25, 0.3) is 11.3 Å². The standard InChI is InChI=1S/C24H23F3N4O2/c1-17-6-8-18(9-7-17)20-10-11-22(29-28-20)30-12-14-31(15-13-30)23(32)16-33-21-5-3-2-4-19(21)24(25,26)27/h2-11H,12-16H2,1H3. The van der Waals surface area contributed by atoms with Crippen molar-refractivity contribution in [2.75, 3.05) is 37.7 Å². The van der Waals surface area contributed by atoms with Crippen molar-refractivity contribution in [3.8, 4) is 17.0 Å². The minimum Gasteiger partial charge on any atom is -0.483 e. The van der Waals surface area contributed by atoms with Crippen molar-refractivity contribution >= 4 is 11.7 Å². The second-order valence-corrected chi connectivity index (χ2v) is 7.79. The molecule has 6 nitrogen and oxygen atoms in total. The van der Waals surface area contributed by atoms with Gasteiger partial charge in [0.05, 0.1) is 11.3 Å². The summed E-state index contributed by atoms with van der Waals surface area (Å²) in [6, 6.07) is 16.7. The number of piperazine rings is 1. The van der Waals surface area contributed by atoms with E-state index in [9.17, 15) is 18.0 Å². The van der Waals surface area contributed by atoms with Crippen molar-refractivity contribution in [3.63, 3.8) is 0 Å². The van der Waals surface area contributed by atoms with Gasteiger partial charge < -0.3 is 14.5 Å². The molecule has 1 saturated heterocycles. The van der Waals surface area contributed by atoms with Gasteiger partial charge in [-0.3, -0.25) is 4.79 Å². The van der Waals surface area contributed by atoms with Crippen LogP contribution in [0, 0.1) is 6.92 Å². The second kappa shape index (κ2) is 9.48. The fourth-order valence-corrected chi connectivity index (χ4v) is 3.61. The van der Waals surface area contributed by atoms with Gasteiger partial charge in [0.1, 0.15) is 5.75 Å². The molecule has 1 aliphatic rings. The Balaban J connectivity index is 1.31. The minimum absolute atomic E-state index is 0.346. The number of amides is 1. The molecule has 0 bridgehead atoms. The number of carbonyl (C=O) groups is 1. The quantitative estimate of drug-likeness (QED) is 0.576. The van der Waals surface area contributed by atoms with Crippen molar-refractivity contribution in [2.24, 2.45) is 0 Å². The first kappa shape index (κ1) is 22.6. The summed E-state index contributed by atoms with van der Waals surface area (Å²) in [6.07, 6.45) is -4.54. The van der Waals surface area contributed by atoms with E-state index in [1.54, 1.807) is 4.90 Å². The third-order valence-corrected chi connectivity index (χ3v) is 5.50. The highest BCUT2D eigenvalue weighted by Gasteiger charge is 2.34. The number of hydrogen-bond donors (Lipinski definition) is 0. The lowest BCUT2D eigenvalue weighted by Gasteiger charge is -2.35. The molecule has 0 unspecified atom stereocenters. The molecule has 0 radical (unpaired) electrons. The lowest BCUT2D eigenvalue weighted by atomic mass is 10.1. The second-order valence-electron chi connectivity index (χ2n) is 7.79. The maximum atomic E-state index is 13.1. The van der Waals surface area contributed by atoms with Crippen molar-refractivity contribution in [1.82, 2.24) is 15.1 Å². The van der Waals surface area contributed by atoms with E-state index in [2.05, 4.69) is 10.2 Å². The summed E-state index contributed by atoms with van der Waals surface area (Å²) in [5, 5.41) is 8.64. The van der Waals surface area contributed by atoms with Crippen LogP contribution in [0.2, 0.25) is 0 Å². The number of aromatic nitrogens is 2. The number of halogens is 3. The smallest absolute Gasteiger partial charge is 0.419 e. The highest BCUT2D eigenvalue weighted by atomic mass is 19.4. The van der Waals surface area contributed by atoms with Crippen molar-refractivity contribution < 1.29 is 22.7 Å². The number of aryl methyl sites for hydroxylation is 1. The van der Waals surface area contributed by atoms with Crippen LogP contribution in [0.3, 0.4) is 0 Å². The number of hydrogen-bond acceptors (Lipinski definition) is 5. The third-order valence-electron chi connectivity index (χ3n) is 5.50. The Morgan fingerprint density at radius 1 is 0.939 bits per heavy atom. The average molecular weight is 456 g/mol. The number of alkyl halides is 3. The summed E-state index contributed by atoms with van der Waals surface area (Å²) < 4.78 is 44.4. The summed E-state index contributed by atoms with van der Waals surface area (Å²) in [7, 11) is 0. The molecular formula is C24H23F3N4O2. The Hall–Kier alpha value is -3.62. The Morgan fingerprint density at radius 3 is 2.27 bits per heavy atom. The molecule has 1 fully saturated rings. The number of nitrogens with zero attached hydrogens (tertiary/aromatic N) is 4. The molecule has 0 saturated carbocycles. The van der Waals surface area contributed by atoms with Gasteiger partial charge in [-0.25, -0.2) is 0 Å². The monoisotopic (exact) mass is 456 g/mol. The average Bonchev–Trinajstić information content (AvgIpc) is 2.83. The van der Waals surface area contributed by atoms with E-state index in [1.807, 2.05) is 48.2 Å². The van der Waals surface area contributed by atoms with E-state index in [0.717, 1.165) is 17.3 Å². The zero-order valence-corrected chi connectivity index (χ0v) is 18.0. The SMILES string of the molecule is Cc1ccc(-c2ccc(N3CCN(C(=O)COc4ccccc4C(F)(F)F)CC3)nn2)cc1. The van der Waals surface area contributed by atoms with Crippen molar-refractivity contribution in [2.45, 2.75) is 13.1 Å². The molecule has 9 heteroatoms. The van der Waals surface area contributed by atoms with E-state index >= 15 is 0 Å². The predicted octanol–water partition coefficient (Wildman–Crippen LogP) is 4.20. The van der Waals surface area contributed by atoms with Crippen LogP contribution in [-0.4, -0.2) is 53.8 Å². The van der Waals surface area contributed by atoms with Crippen LogP contribution < -0.4 is 9.64 Å². The topological polar surface area (TPSA) is 58.6 Å². The van der Waals surface area contributed by atoms with Gasteiger partial charge in [-0.05, 0) is 31.2 Å². The number of anilines is 1. The predicted molar refractivity (Wildman–Crippen MR) is 118 cm³/mol. The number of para-hydroxylation sites is 1. The van der Waals surface area contributed by atoms with E-state index in [-0.39, 0.29) is 11.7 Å². The molecule has 0 N–H and O–H groups in total. The largest absolute Gasteiger partial charge is 0.483 e. The zero-order valence-electron chi connectivity index (χ0n) is 18.0. The van der Waals surface area contributed by atoms with E-state index in [0.29, 0.717) is 32.0 Å². The van der Waals surface area contributed by atoms with Gasteiger partial charge in [0, 0.05) is 31.7 Å². The summed E-state index contributed by atoms with van der Waals surface area (Å²) in [6.45, 7) is 3.51. The van der Waals surface area contributed by atoms with E-state index in [1.165, 1.54) is 23.8 Å². The number of ether oxygens (including phenoxy) is 1. The normalized spacial score (nSPS) is 14.3. The number of benzene rings is 2. The van der Waals surface area contributed by atoms with Gasteiger partial charge in [-0.15, -0.1) is 10.2 Å². The molecular weight excluding hydrogens is 433 g/mol. The molecule has 2 aromatic carbocycles. The van der Waals surface area contributed by atoms with Gasteiger partial charge >= 0.3 is 6.18 Å². The molecule has 1 amide bonds. The molecule has 1 aliphatic heterocycles. The molecule has 172 valence electrons. The van der Waals surface area contributed by atoms with Crippen molar-refractivity contribution in [1.29, 1.82) is 0 Å². The molecule has 4 rings (SSSR count). The van der Waals surface area contributed by atoms with Crippen LogP contribution >= 0.6 is 0 Å². The number of carbonyl (C=O) groups excluding carboxylic acids is 1. The Morgan fingerprint density at radius 2 is 1.64 bits per heavy atom. The van der Waals surface area contributed by atoms with Gasteiger partial charge in [-0.2, -0.15) is 13.2 Å². The fourth-order valence-electron chi connectivity index (χ4n) is 3.61. The fraction of sp³-hybridized carbons (Fsp3) is 0.292. The first-order chi connectivity index (χ1) is 15.8. The number of rotatable bonds is 5. The summed E-state index contributed by atoms with van der Waals surface area (Å²) in [5.74, 6) is 0.0154. The summed E-state index contributed by atoms with van der Waals surface area (Å²) >= 11 is 0. The van der Waals surface area contributed by atoms with Crippen LogP contribution in [0.15, 0.2) is 60.7 Å². The van der Waals surface area contributed by atoms with E-state index < -0.39 is 18.3 Å². The minimum atomic E-state index is -4.54. The lowest BCUT2D eigenvalue weighted by molar-refractivity contribution is -0.141. The Kier molecular flexibility index (Phi) is 6.48. The van der Waals surface area contributed by atoms with E-state index in [4.69, 9.17) is 4.74 Å².